The summed E-state index contributed by atoms with van der Waals surface area (Å²) in [4.78, 5) is 11.1. The molecule has 0 aliphatic heterocycles. The molecular weight excluding hydrogens is 330 g/mol. The minimum absolute atomic E-state index is 0.0624. The van der Waals surface area contributed by atoms with Crippen LogP contribution in [0.5, 0.6) is 11.5 Å². The number of benzene rings is 2. The first-order valence-electron chi connectivity index (χ1n) is 7.22. The molecule has 0 aliphatic carbocycles. The van der Waals surface area contributed by atoms with Crippen molar-refractivity contribution in [2.45, 2.75) is 6.54 Å². The molecule has 0 aromatic heterocycles. The zero-order valence-corrected chi connectivity index (χ0v) is 14.0. The van der Waals surface area contributed by atoms with Crippen LogP contribution in [0.25, 0.3) is 0 Å². The minimum atomic E-state index is -1.06. The largest absolute Gasteiger partial charge is 0.493 e. The Labute approximate surface area is 145 Å². The maximum absolute atomic E-state index is 11.1. The molecule has 0 heterocycles. The number of halogens is 1. The summed E-state index contributed by atoms with van der Waals surface area (Å²) in [5, 5.41) is 12.5. The molecule has 0 bridgehead atoms. The zero-order chi connectivity index (χ0) is 17.5. The van der Waals surface area contributed by atoms with Crippen LogP contribution in [0.2, 0.25) is 5.02 Å². The summed E-state index contributed by atoms with van der Waals surface area (Å²) in [5.74, 6) is 0.202. The maximum atomic E-state index is 11.1. The molecule has 0 aliphatic rings. The monoisotopic (exact) mass is 347 g/mol. The third kappa shape index (κ3) is 4.43. The van der Waals surface area contributed by atoms with Gasteiger partial charge in [0.1, 0.15) is 6.61 Å². The predicted molar refractivity (Wildman–Crippen MR) is 94.4 cm³/mol. The highest BCUT2D eigenvalue weighted by molar-refractivity contribution is 6.33. The van der Waals surface area contributed by atoms with Gasteiger partial charge in [-0.05, 0) is 35.9 Å². The van der Waals surface area contributed by atoms with Crippen LogP contribution >= 0.6 is 11.6 Å². The number of hydrogen-bond acceptors (Lipinski definition) is 4. The fourth-order valence-corrected chi connectivity index (χ4v) is 2.29. The van der Waals surface area contributed by atoms with Crippen molar-refractivity contribution in [2.75, 3.05) is 19.0 Å². The van der Waals surface area contributed by atoms with Gasteiger partial charge in [-0.3, -0.25) is 0 Å². The molecule has 0 spiro atoms. The van der Waals surface area contributed by atoms with E-state index in [1.165, 1.54) is 6.07 Å². The molecule has 0 saturated carbocycles. The Morgan fingerprint density at radius 1 is 1.29 bits per heavy atom. The van der Waals surface area contributed by atoms with E-state index in [1.54, 1.807) is 25.3 Å². The van der Waals surface area contributed by atoms with Crippen molar-refractivity contribution >= 4 is 23.3 Å². The van der Waals surface area contributed by atoms with Crippen LogP contribution in [0.1, 0.15) is 15.9 Å². The quantitative estimate of drug-likeness (QED) is 0.700. The fourth-order valence-electron chi connectivity index (χ4n) is 2.09. The molecule has 0 unspecified atom stereocenters. The van der Waals surface area contributed by atoms with Crippen LogP contribution in [-0.4, -0.2) is 24.8 Å². The van der Waals surface area contributed by atoms with Crippen LogP contribution in [-0.2, 0) is 6.54 Å². The molecule has 0 fully saturated rings. The molecular formula is C18H18ClNO4. The van der Waals surface area contributed by atoms with Crippen LogP contribution in [0.4, 0.5) is 5.69 Å². The highest BCUT2D eigenvalue weighted by Crippen LogP contribution is 2.28. The Bertz CT molecular complexity index is 746. The summed E-state index contributed by atoms with van der Waals surface area (Å²) in [6, 6.07) is 10.4. The number of carboxylic acid groups (broad SMARTS) is 1. The first kappa shape index (κ1) is 17.7. The van der Waals surface area contributed by atoms with E-state index in [0.29, 0.717) is 30.3 Å². The van der Waals surface area contributed by atoms with Crippen molar-refractivity contribution in [3.63, 3.8) is 0 Å². The Balaban J connectivity index is 2.10. The molecule has 2 N–H and O–H groups in total. The fraction of sp³-hybridized carbons (Fsp3) is 0.167. The number of methoxy groups -OCH3 is 1. The van der Waals surface area contributed by atoms with Gasteiger partial charge >= 0.3 is 5.97 Å². The van der Waals surface area contributed by atoms with E-state index < -0.39 is 5.97 Å². The molecule has 0 atom stereocenters. The number of anilines is 1. The molecule has 2 aromatic carbocycles. The number of aromatic carboxylic acids is 1. The number of nitrogens with one attached hydrogen (secondary N) is 1. The van der Waals surface area contributed by atoms with Gasteiger partial charge < -0.3 is 19.9 Å². The maximum Gasteiger partial charge on any atom is 0.337 e. The molecule has 5 nitrogen and oxygen atoms in total. The molecule has 2 aromatic rings. The van der Waals surface area contributed by atoms with Crippen molar-refractivity contribution in [2.24, 2.45) is 0 Å². The molecule has 126 valence electrons. The SMILES string of the molecule is C=CCOc1ccc(CNc2ccc(Cl)c(C(=O)O)c2)cc1OC. The normalized spacial score (nSPS) is 10.1. The Morgan fingerprint density at radius 2 is 2.08 bits per heavy atom. The summed E-state index contributed by atoms with van der Waals surface area (Å²) in [6.45, 7) is 4.51. The van der Waals surface area contributed by atoms with Gasteiger partial charge in [-0.2, -0.15) is 0 Å². The van der Waals surface area contributed by atoms with Gasteiger partial charge in [0.25, 0.3) is 0 Å². The standard InChI is InChI=1S/C18H18ClNO4/c1-3-8-24-16-7-4-12(9-17(16)23-2)11-20-13-5-6-15(19)14(10-13)18(21)22/h3-7,9-10,20H,1,8,11H2,2H3,(H,21,22). The van der Waals surface area contributed by atoms with E-state index in [0.717, 1.165) is 5.56 Å². The van der Waals surface area contributed by atoms with E-state index in [-0.39, 0.29) is 10.6 Å². The topological polar surface area (TPSA) is 67.8 Å². The van der Waals surface area contributed by atoms with E-state index >= 15 is 0 Å². The second-order valence-electron chi connectivity index (χ2n) is 4.94. The Hall–Kier alpha value is -2.66. The van der Waals surface area contributed by atoms with Gasteiger partial charge in [-0.15, -0.1) is 0 Å². The van der Waals surface area contributed by atoms with E-state index in [2.05, 4.69) is 11.9 Å². The molecule has 2 rings (SSSR count). The summed E-state index contributed by atoms with van der Waals surface area (Å²) < 4.78 is 10.8. The summed E-state index contributed by atoms with van der Waals surface area (Å²) in [7, 11) is 1.58. The Morgan fingerprint density at radius 3 is 2.75 bits per heavy atom. The average molecular weight is 348 g/mol. The lowest BCUT2D eigenvalue weighted by Gasteiger charge is -2.12. The first-order chi connectivity index (χ1) is 11.5. The van der Waals surface area contributed by atoms with E-state index in [9.17, 15) is 4.79 Å². The summed E-state index contributed by atoms with van der Waals surface area (Å²) in [5.41, 5.74) is 1.69. The zero-order valence-electron chi connectivity index (χ0n) is 13.2. The molecule has 0 saturated heterocycles. The lowest BCUT2D eigenvalue weighted by molar-refractivity contribution is 0.0697. The predicted octanol–water partition coefficient (Wildman–Crippen LogP) is 4.22. The van der Waals surface area contributed by atoms with Crippen LogP contribution in [0.3, 0.4) is 0 Å². The van der Waals surface area contributed by atoms with Gasteiger partial charge in [-0.1, -0.05) is 30.3 Å². The first-order valence-corrected chi connectivity index (χ1v) is 7.60. The summed E-state index contributed by atoms with van der Waals surface area (Å²) >= 11 is 5.86. The third-order valence-electron chi connectivity index (χ3n) is 3.28. The average Bonchev–Trinajstić information content (AvgIpc) is 2.59. The lowest BCUT2D eigenvalue weighted by atomic mass is 10.1. The van der Waals surface area contributed by atoms with Gasteiger partial charge in [-0.25, -0.2) is 4.79 Å². The highest BCUT2D eigenvalue weighted by Gasteiger charge is 2.10. The van der Waals surface area contributed by atoms with Gasteiger partial charge in [0.2, 0.25) is 0 Å². The number of carboxylic acids is 1. The second kappa shape index (κ2) is 8.26. The second-order valence-corrected chi connectivity index (χ2v) is 5.35. The van der Waals surface area contributed by atoms with Crippen molar-refractivity contribution in [3.8, 4) is 11.5 Å². The highest BCUT2D eigenvalue weighted by atomic mass is 35.5. The van der Waals surface area contributed by atoms with Crippen molar-refractivity contribution in [1.82, 2.24) is 0 Å². The number of hydrogen-bond donors (Lipinski definition) is 2. The number of rotatable bonds is 8. The van der Waals surface area contributed by atoms with Crippen LogP contribution < -0.4 is 14.8 Å². The molecule has 0 radical (unpaired) electrons. The minimum Gasteiger partial charge on any atom is -0.493 e. The third-order valence-corrected chi connectivity index (χ3v) is 3.61. The number of carbonyl (C=O) groups is 1. The van der Waals surface area contributed by atoms with Gasteiger partial charge in [0.05, 0.1) is 17.7 Å². The molecule has 6 heteroatoms. The van der Waals surface area contributed by atoms with Crippen molar-refractivity contribution < 1.29 is 19.4 Å². The van der Waals surface area contributed by atoms with Crippen LogP contribution in [0, 0.1) is 0 Å². The van der Waals surface area contributed by atoms with Gasteiger partial charge in [0, 0.05) is 12.2 Å². The lowest BCUT2D eigenvalue weighted by Crippen LogP contribution is -2.03. The van der Waals surface area contributed by atoms with Crippen molar-refractivity contribution in [1.29, 1.82) is 0 Å². The van der Waals surface area contributed by atoms with E-state index in [4.69, 9.17) is 26.2 Å². The van der Waals surface area contributed by atoms with Gasteiger partial charge in [0.15, 0.2) is 11.5 Å². The smallest absolute Gasteiger partial charge is 0.337 e. The molecule has 24 heavy (non-hydrogen) atoms. The molecule has 0 amide bonds. The summed E-state index contributed by atoms with van der Waals surface area (Å²) in [6.07, 6.45) is 1.66. The Kier molecular flexibility index (Phi) is 6.09. The van der Waals surface area contributed by atoms with Crippen molar-refractivity contribution in [3.05, 3.63) is 65.2 Å². The number of ether oxygens (including phenoxy) is 2. The van der Waals surface area contributed by atoms with E-state index in [1.807, 2.05) is 18.2 Å². The van der Waals surface area contributed by atoms with Crippen LogP contribution in [0.15, 0.2) is 49.1 Å².